The molecule has 0 saturated heterocycles. The zero-order chi connectivity index (χ0) is 10.6. The molecular formula is C6H9AgO9-3. The zero-order valence-corrected chi connectivity index (χ0v) is 9.09. The zero-order valence-electron chi connectivity index (χ0n) is 7.61. The molecule has 16 heavy (non-hydrogen) atoms. The van der Waals surface area contributed by atoms with Crippen molar-refractivity contribution in [3.8, 4) is 0 Å². The van der Waals surface area contributed by atoms with Gasteiger partial charge in [0.2, 0.25) is 0 Å². The van der Waals surface area contributed by atoms with Crippen molar-refractivity contribution in [3.05, 3.63) is 0 Å². The molecule has 0 spiro atoms. The van der Waals surface area contributed by atoms with E-state index in [1.807, 2.05) is 0 Å². The Kier molecular flexibility index (Phi) is 14.1. The van der Waals surface area contributed by atoms with Gasteiger partial charge in [-0.1, -0.05) is 0 Å². The van der Waals surface area contributed by atoms with Crippen LogP contribution >= 0.6 is 0 Å². The Labute approximate surface area is 105 Å². The molecule has 0 aromatic carbocycles. The summed E-state index contributed by atoms with van der Waals surface area (Å²) in [7, 11) is 0. The molecule has 0 bridgehead atoms. The van der Waals surface area contributed by atoms with Crippen molar-refractivity contribution in [1.82, 2.24) is 0 Å². The fourth-order valence-corrected chi connectivity index (χ4v) is 0.684. The number of carboxylic acids is 3. The summed E-state index contributed by atoms with van der Waals surface area (Å²) in [5.41, 5.74) is -2.97. The van der Waals surface area contributed by atoms with E-state index in [1.54, 1.807) is 0 Å². The minimum absolute atomic E-state index is 0. The Morgan fingerprint density at radius 1 is 0.938 bits per heavy atom. The van der Waals surface area contributed by atoms with Gasteiger partial charge in [-0.25, -0.2) is 0 Å². The average Bonchev–Trinajstić information content (AvgIpc) is 1.82. The summed E-state index contributed by atoms with van der Waals surface area (Å²) < 4.78 is 0. The van der Waals surface area contributed by atoms with Crippen molar-refractivity contribution in [2.75, 3.05) is 0 Å². The third-order valence-corrected chi connectivity index (χ3v) is 1.25. The van der Waals surface area contributed by atoms with Gasteiger partial charge in [-0.05, 0) is 0 Å². The monoisotopic (exact) mass is 332 g/mol. The number of carbonyl (C=O) groups excluding carboxylic acids is 3. The molecule has 0 atom stereocenters. The van der Waals surface area contributed by atoms with E-state index in [0.29, 0.717) is 0 Å². The molecule has 0 saturated carbocycles. The molecule has 9 nitrogen and oxygen atoms in total. The van der Waals surface area contributed by atoms with E-state index in [1.165, 1.54) is 0 Å². The van der Waals surface area contributed by atoms with Gasteiger partial charge in [-0.2, -0.15) is 0 Å². The summed E-state index contributed by atoms with van der Waals surface area (Å²) in [6.07, 6.45) is -2.72. The maximum atomic E-state index is 10.1. The predicted molar refractivity (Wildman–Crippen MR) is 36.4 cm³/mol. The fourth-order valence-electron chi connectivity index (χ4n) is 0.684. The van der Waals surface area contributed by atoms with Crippen LogP contribution in [0.1, 0.15) is 12.8 Å². The molecule has 1 radical (unpaired) electrons. The van der Waals surface area contributed by atoms with Crippen molar-refractivity contribution in [2.45, 2.75) is 18.4 Å². The van der Waals surface area contributed by atoms with E-state index in [0.717, 1.165) is 0 Å². The van der Waals surface area contributed by atoms with Crippen molar-refractivity contribution in [1.29, 1.82) is 0 Å². The van der Waals surface area contributed by atoms with Crippen LogP contribution in [0.3, 0.4) is 0 Å². The molecule has 10 heteroatoms. The first-order valence-electron chi connectivity index (χ1n) is 3.11. The van der Waals surface area contributed by atoms with Crippen molar-refractivity contribution >= 4 is 17.9 Å². The topological polar surface area (TPSA) is 204 Å². The van der Waals surface area contributed by atoms with E-state index >= 15 is 0 Å². The number of hydrogen-bond donors (Lipinski definition) is 1. The summed E-state index contributed by atoms with van der Waals surface area (Å²) in [5, 5.41) is 38.9. The summed E-state index contributed by atoms with van der Waals surface area (Å²) in [6, 6.07) is 0. The smallest absolute Gasteiger partial charge is 0.114 e. The molecule has 0 amide bonds. The van der Waals surface area contributed by atoms with Crippen LogP contribution in [0.4, 0.5) is 0 Å². The average molecular weight is 333 g/mol. The number of aliphatic hydroxyl groups is 1. The van der Waals surface area contributed by atoms with E-state index < -0.39 is 36.4 Å². The van der Waals surface area contributed by atoms with Gasteiger partial charge in [-0.3, -0.25) is 0 Å². The van der Waals surface area contributed by atoms with Crippen LogP contribution in [0.25, 0.3) is 0 Å². The third kappa shape index (κ3) is 8.35. The van der Waals surface area contributed by atoms with Crippen molar-refractivity contribution in [3.63, 3.8) is 0 Å². The second-order valence-electron chi connectivity index (χ2n) is 2.42. The van der Waals surface area contributed by atoms with Crippen LogP contribution in [0, 0.1) is 0 Å². The fraction of sp³-hybridized carbons (Fsp3) is 0.500. The Bertz CT molecular complexity index is 234. The third-order valence-electron chi connectivity index (χ3n) is 1.25. The van der Waals surface area contributed by atoms with Crippen LogP contribution in [0.5, 0.6) is 0 Å². The molecule has 0 aromatic heterocycles. The van der Waals surface area contributed by atoms with Crippen LogP contribution in [0.15, 0.2) is 0 Å². The van der Waals surface area contributed by atoms with Crippen molar-refractivity contribution < 1.29 is 68.1 Å². The van der Waals surface area contributed by atoms with E-state index in [9.17, 15) is 29.7 Å². The minimum Gasteiger partial charge on any atom is -0.550 e. The van der Waals surface area contributed by atoms with E-state index in [4.69, 9.17) is 5.11 Å². The first kappa shape index (κ1) is 24.3. The van der Waals surface area contributed by atoms with Gasteiger partial charge in [0.05, 0.1) is 5.97 Å². The predicted octanol–water partition coefficient (Wildman–Crippen LogP) is -6.90. The van der Waals surface area contributed by atoms with Crippen LogP contribution in [-0.4, -0.2) is 39.6 Å². The molecule has 0 fully saturated rings. The minimum atomic E-state index is -2.97. The summed E-state index contributed by atoms with van der Waals surface area (Å²) in [4.78, 5) is 30.0. The Morgan fingerprint density at radius 2 is 1.19 bits per heavy atom. The van der Waals surface area contributed by atoms with E-state index in [2.05, 4.69) is 0 Å². The van der Waals surface area contributed by atoms with Gasteiger partial charge in [0.25, 0.3) is 0 Å². The number of carbonyl (C=O) groups is 3. The second-order valence-corrected chi connectivity index (χ2v) is 2.42. The van der Waals surface area contributed by atoms with Gasteiger partial charge in [-0.15, -0.1) is 0 Å². The summed E-state index contributed by atoms with van der Waals surface area (Å²) in [5.74, 6) is -5.98. The van der Waals surface area contributed by atoms with Gasteiger partial charge >= 0.3 is 0 Å². The molecule has 0 aliphatic carbocycles. The van der Waals surface area contributed by atoms with Crippen LogP contribution < -0.4 is 15.3 Å². The summed E-state index contributed by atoms with van der Waals surface area (Å²) in [6.45, 7) is 0. The Hall–Kier alpha value is -0.970. The number of hydrogen-bond acceptors (Lipinski definition) is 7. The van der Waals surface area contributed by atoms with Crippen LogP contribution in [-0.2, 0) is 36.8 Å². The summed E-state index contributed by atoms with van der Waals surface area (Å²) >= 11 is 0. The standard InChI is InChI=1S/C6H8O7.Ag.2H2O/c7-3(8)1-6(13,5(11)12)2-4(9)10;;;/h13H,1-2H2,(H,7,8)(H,9,10)(H,11,12);;2*1H2/p-3. The first-order valence-corrected chi connectivity index (χ1v) is 3.11. The van der Waals surface area contributed by atoms with Gasteiger partial charge in [0, 0.05) is 47.2 Å². The van der Waals surface area contributed by atoms with Crippen LogP contribution in [0.2, 0.25) is 0 Å². The molecule has 5 N–H and O–H groups in total. The maximum absolute atomic E-state index is 10.1. The molecule has 0 aliphatic heterocycles. The molecule has 101 valence electrons. The number of carboxylic acid groups (broad SMARTS) is 3. The molecule has 0 rings (SSSR count). The number of aliphatic carboxylic acids is 3. The normalized spacial score (nSPS) is 8.81. The first-order chi connectivity index (χ1) is 5.78. The van der Waals surface area contributed by atoms with Gasteiger partial charge in [0.1, 0.15) is 5.60 Å². The Morgan fingerprint density at radius 3 is 1.31 bits per heavy atom. The molecule has 0 heterocycles. The quantitative estimate of drug-likeness (QED) is 0.481. The molecule has 0 aliphatic rings. The molecule has 0 aromatic rings. The number of rotatable bonds is 5. The Balaban J connectivity index is -0.000000240. The molecule has 0 unspecified atom stereocenters. The van der Waals surface area contributed by atoms with Crippen molar-refractivity contribution in [2.24, 2.45) is 0 Å². The SMILES string of the molecule is O.O.O=C([O-])CC(O)(CC(=O)[O-])C(=O)[O-].[Ag]. The van der Waals surface area contributed by atoms with E-state index in [-0.39, 0.29) is 33.3 Å². The second kappa shape index (κ2) is 9.27. The molecular weight excluding hydrogens is 324 g/mol. The van der Waals surface area contributed by atoms with Gasteiger partial charge < -0.3 is 45.8 Å². The maximum Gasteiger partial charge on any atom is 0.114 e. The largest absolute Gasteiger partial charge is 0.550 e. The van der Waals surface area contributed by atoms with Gasteiger partial charge in [0.15, 0.2) is 0 Å².